The molecule has 1 saturated heterocycles. The number of nitrogen functional groups attached to an aromatic ring is 1. The molecule has 0 radical (unpaired) electrons. The van der Waals surface area contributed by atoms with E-state index in [1.165, 1.54) is 0 Å². The van der Waals surface area contributed by atoms with E-state index in [2.05, 4.69) is 25.1 Å². The van der Waals surface area contributed by atoms with E-state index in [9.17, 15) is 4.79 Å². The van der Waals surface area contributed by atoms with Crippen molar-refractivity contribution in [3.05, 3.63) is 36.5 Å². The fraction of sp³-hybridized carbons (Fsp3) is 0.381. The zero-order chi connectivity index (χ0) is 20.4. The van der Waals surface area contributed by atoms with E-state index in [0.29, 0.717) is 42.1 Å². The number of fused-ring (bicyclic) bond motifs is 1. The van der Waals surface area contributed by atoms with Crippen molar-refractivity contribution in [3.63, 3.8) is 0 Å². The summed E-state index contributed by atoms with van der Waals surface area (Å²) in [6.07, 6.45) is 3.30. The maximum atomic E-state index is 12.0. The van der Waals surface area contributed by atoms with Crippen LogP contribution in [0.4, 0.5) is 11.6 Å². The summed E-state index contributed by atoms with van der Waals surface area (Å²) in [5, 5.41) is 8.18. The largest absolute Gasteiger partial charge is 0.414 e. The van der Waals surface area contributed by atoms with Crippen LogP contribution >= 0.6 is 0 Å². The van der Waals surface area contributed by atoms with Gasteiger partial charge in [-0.2, -0.15) is 0 Å². The summed E-state index contributed by atoms with van der Waals surface area (Å²) in [5.41, 5.74) is 7.20. The molecule has 29 heavy (non-hydrogen) atoms. The lowest BCUT2D eigenvalue weighted by atomic mass is 10.0. The highest BCUT2D eigenvalue weighted by Crippen LogP contribution is 2.37. The van der Waals surface area contributed by atoms with Crippen molar-refractivity contribution in [2.24, 2.45) is 11.8 Å². The van der Waals surface area contributed by atoms with Gasteiger partial charge in [0.2, 0.25) is 5.89 Å². The van der Waals surface area contributed by atoms with Crippen molar-refractivity contribution in [1.82, 2.24) is 20.2 Å². The molecule has 1 aliphatic heterocycles. The Bertz CT molecular complexity index is 1000. The van der Waals surface area contributed by atoms with E-state index >= 15 is 0 Å². The van der Waals surface area contributed by atoms with Crippen LogP contribution in [-0.4, -0.2) is 39.0 Å². The number of hydrogen-bond acceptors (Lipinski definition) is 8. The van der Waals surface area contributed by atoms with Crippen LogP contribution in [0.15, 0.2) is 40.9 Å². The van der Waals surface area contributed by atoms with E-state index in [4.69, 9.17) is 10.2 Å². The molecule has 3 aromatic rings. The highest BCUT2D eigenvalue weighted by atomic mass is 16.4. The van der Waals surface area contributed by atoms with E-state index in [1.807, 2.05) is 44.2 Å². The minimum atomic E-state index is 0.112. The molecule has 0 bridgehead atoms. The summed E-state index contributed by atoms with van der Waals surface area (Å²) in [6.45, 7) is 5.49. The molecular formula is C21H24N6O2. The lowest BCUT2D eigenvalue weighted by Gasteiger charge is -2.18. The molecule has 1 aromatic carbocycles. The van der Waals surface area contributed by atoms with E-state index in [0.717, 1.165) is 18.5 Å². The van der Waals surface area contributed by atoms with Gasteiger partial charge in [-0.1, -0.05) is 32.0 Å². The van der Waals surface area contributed by atoms with E-state index < -0.39 is 0 Å². The van der Waals surface area contributed by atoms with Gasteiger partial charge in [0.05, 0.1) is 6.20 Å². The Kier molecular flexibility index (Phi) is 5.24. The van der Waals surface area contributed by atoms with Crippen molar-refractivity contribution >= 4 is 17.4 Å². The predicted molar refractivity (Wildman–Crippen MR) is 110 cm³/mol. The topological polar surface area (TPSA) is 111 Å². The molecule has 2 atom stereocenters. The number of benzene rings is 1. The minimum Gasteiger partial charge on any atom is -0.414 e. The quantitative estimate of drug-likeness (QED) is 0.723. The van der Waals surface area contributed by atoms with Gasteiger partial charge in [0.1, 0.15) is 11.6 Å². The van der Waals surface area contributed by atoms with Gasteiger partial charge >= 0.3 is 0 Å². The van der Waals surface area contributed by atoms with Gasteiger partial charge in [-0.05, 0) is 24.5 Å². The maximum Gasteiger partial charge on any atom is 0.270 e. The average molecular weight is 392 g/mol. The summed E-state index contributed by atoms with van der Waals surface area (Å²) < 4.78 is 5.77. The number of carbonyl (C=O) groups is 1. The molecule has 1 saturated carbocycles. The van der Waals surface area contributed by atoms with Gasteiger partial charge in [0.15, 0.2) is 11.5 Å². The number of rotatable bonds is 3. The van der Waals surface area contributed by atoms with Gasteiger partial charge < -0.3 is 15.1 Å². The Hall–Kier alpha value is -3.29. The fourth-order valence-electron chi connectivity index (χ4n) is 3.94. The van der Waals surface area contributed by atoms with Crippen molar-refractivity contribution < 1.29 is 9.21 Å². The van der Waals surface area contributed by atoms with Gasteiger partial charge in [-0.25, -0.2) is 9.97 Å². The molecule has 2 fully saturated rings. The Balaban J connectivity index is 0.000000994. The summed E-state index contributed by atoms with van der Waals surface area (Å²) in [5.74, 6) is 2.43. The van der Waals surface area contributed by atoms with Crippen LogP contribution in [0.3, 0.4) is 0 Å². The van der Waals surface area contributed by atoms with Crippen molar-refractivity contribution in [2.75, 3.05) is 23.7 Å². The molecular weight excluding hydrogens is 368 g/mol. The van der Waals surface area contributed by atoms with Crippen LogP contribution < -0.4 is 10.6 Å². The van der Waals surface area contributed by atoms with Crippen LogP contribution in [-0.2, 0) is 4.79 Å². The molecule has 8 nitrogen and oxygen atoms in total. The van der Waals surface area contributed by atoms with Crippen LogP contribution in [0.5, 0.6) is 0 Å². The van der Waals surface area contributed by atoms with E-state index in [1.54, 1.807) is 6.20 Å². The van der Waals surface area contributed by atoms with Crippen LogP contribution in [0, 0.1) is 11.8 Å². The fourth-order valence-corrected chi connectivity index (χ4v) is 3.94. The summed E-state index contributed by atoms with van der Waals surface area (Å²) >= 11 is 0. The number of ketones is 1. The summed E-state index contributed by atoms with van der Waals surface area (Å²) in [6, 6.07) is 9.51. The van der Waals surface area contributed by atoms with Gasteiger partial charge in [-0.15, -0.1) is 10.2 Å². The smallest absolute Gasteiger partial charge is 0.270 e. The summed E-state index contributed by atoms with van der Waals surface area (Å²) in [4.78, 5) is 23.0. The number of carbonyl (C=O) groups excluding carboxylic acids is 1. The zero-order valence-corrected chi connectivity index (χ0v) is 16.6. The lowest BCUT2D eigenvalue weighted by molar-refractivity contribution is -0.120. The first kappa shape index (κ1) is 19.0. The third kappa shape index (κ3) is 3.57. The second kappa shape index (κ2) is 7.98. The molecule has 2 aromatic heterocycles. The number of Topliss-reactive ketones (excluding diaryl/α,β-unsaturated/α-hetero) is 1. The lowest BCUT2D eigenvalue weighted by Crippen LogP contribution is -2.24. The normalized spacial score (nSPS) is 20.3. The minimum absolute atomic E-state index is 0.112. The third-order valence-electron chi connectivity index (χ3n) is 5.38. The van der Waals surface area contributed by atoms with Gasteiger partial charge in [0, 0.05) is 31.0 Å². The monoisotopic (exact) mass is 392 g/mol. The molecule has 5 rings (SSSR count). The standard InChI is InChI=1S/C19H18N6O2.C2H6/c20-17-16(19-24-23-18(27-19)11-4-2-1-3-5-11)22-15(8-21-17)25-9-12-6-7-14(26)13(12)10-25;1-2/h1-5,8,12-13H,6-7,9-10H2,(H2,20,21);1-2H3. The van der Waals surface area contributed by atoms with Crippen LogP contribution in [0.1, 0.15) is 26.7 Å². The Morgan fingerprint density at radius 2 is 1.86 bits per heavy atom. The molecule has 1 aliphatic carbocycles. The van der Waals surface area contributed by atoms with Crippen LogP contribution in [0.2, 0.25) is 0 Å². The molecule has 150 valence electrons. The molecule has 3 heterocycles. The molecule has 8 heteroatoms. The number of nitrogens with zero attached hydrogens (tertiary/aromatic N) is 5. The Labute approximate surface area is 169 Å². The number of hydrogen-bond donors (Lipinski definition) is 1. The highest BCUT2D eigenvalue weighted by molar-refractivity contribution is 5.85. The number of aromatic nitrogens is 4. The van der Waals surface area contributed by atoms with Crippen molar-refractivity contribution in [1.29, 1.82) is 0 Å². The second-order valence-corrected chi connectivity index (χ2v) is 7.02. The molecule has 2 N–H and O–H groups in total. The van der Waals surface area contributed by atoms with E-state index in [-0.39, 0.29) is 17.6 Å². The first-order valence-electron chi connectivity index (χ1n) is 9.98. The maximum absolute atomic E-state index is 12.0. The van der Waals surface area contributed by atoms with Gasteiger partial charge in [-0.3, -0.25) is 4.79 Å². The second-order valence-electron chi connectivity index (χ2n) is 7.02. The Morgan fingerprint density at radius 3 is 2.62 bits per heavy atom. The molecule has 0 amide bonds. The average Bonchev–Trinajstić information content (AvgIpc) is 3.49. The molecule has 0 spiro atoms. The van der Waals surface area contributed by atoms with Gasteiger partial charge in [0.25, 0.3) is 5.89 Å². The van der Waals surface area contributed by atoms with Crippen molar-refractivity contribution in [3.8, 4) is 23.0 Å². The number of anilines is 2. The molecule has 2 aliphatic rings. The third-order valence-corrected chi connectivity index (χ3v) is 5.38. The first-order chi connectivity index (χ1) is 14.2. The SMILES string of the molecule is CC.Nc1ncc(N2CC3CCC(=O)C3C2)nc1-c1nnc(-c2ccccc2)o1. The predicted octanol–water partition coefficient (Wildman–Crippen LogP) is 3.22. The molecule has 2 unspecified atom stereocenters. The van der Waals surface area contributed by atoms with Crippen LogP contribution in [0.25, 0.3) is 23.0 Å². The Morgan fingerprint density at radius 1 is 1.10 bits per heavy atom. The zero-order valence-electron chi connectivity index (χ0n) is 16.6. The highest BCUT2D eigenvalue weighted by Gasteiger charge is 2.42. The first-order valence-corrected chi connectivity index (χ1v) is 9.98. The number of nitrogens with two attached hydrogens (primary N) is 1. The van der Waals surface area contributed by atoms with Crippen molar-refractivity contribution in [2.45, 2.75) is 26.7 Å². The summed E-state index contributed by atoms with van der Waals surface area (Å²) in [7, 11) is 0.